The Hall–Kier alpha value is -4.41. The van der Waals surface area contributed by atoms with Crippen LogP contribution in [0.1, 0.15) is 50.2 Å². The third kappa shape index (κ3) is 9.39. The summed E-state index contributed by atoms with van der Waals surface area (Å²) in [5, 5.41) is 3.54. The van der Waals surface area contributed by atoms with Gasteiger partial charge in [-0.25, -0.2) is 12.8 Å². The molecule has 5 rings (SSSR count). The quantitative estimate of drug-likeness (QED) is 0.150. The summed E-state index contributed by atoms with van der Waals surface area (Å²) in [6.45, 7) is 1.34. The molecule has 49 heavy (non-hydrogen) atoms. The molecular weight excluding hydrogens is 665 g/mol. The van der Waals surface area contributed by atoms with E-state index < -0.39 is 34.3 Å². The molecule has 11 heteroatoms. The van der Waals surface area contributed by atoms with E-state index in [9.17, 15) is 22.4 Å². The van der Waals surface area contributed by atoms with E-state index >= 15 is 0 Å². The highest BCUT2D eigenvalue weighted by Crippen LogP contribution is 2.33. The van der Waals surface area contributed by atoms with Gasteiger partial charge in [0.05, 0.1) is 17.2 Å². The van der Waals surface area contributed by atoms with E-state index in [-0.39, 0.29) is 47.9 Å². The van der Waals surface area contributed by atoms with E-state index in [1.807, 2.05) is 30.3 Å². The van der Waals surface area contributed by atoms with Crippen molar-refractivity contribution >= 4 is 39.1 Å². The molecule has 1 unspecified atom stereocenters. The van der Waals surface area contributed by atoms with Crippen molar-refractivity contribution in [2.45, 2.75) is 69.0 Å². The van der Waals surface area contributed by atoms with Crippen LogP contribution >= 0.6 is 11.6 Å². The Labute approximate surface area is 292 Å². The second-order valence-electron chi connectivity index (χ2n) is 12.1. The van der Waals surface area contributed by atoms with Crippen molar-refractivity contribution in [1.82, 2.24) is 10.2 Å². The summed E-state index contributed by atoms with van der Waals surface area (Å²) in [6, 6.07) is 26.3. The number of anilines is 1. The number of carbonyl (C=O) groups is 2. The molecule has 8 nitrogen and oxygen atoms in total. The molecule has 1 fully saturated rings. The Bertz CT molecular complexity index is 1800. The molecule has 1 atom stereocenters. The van der Waals surface area contributed by atoms with Gasteiger partial charge in [-0.3, -0.25) is 13.9 Å². The lowest BCUT2D eigenvalue weighted by Crippen LogP contribution is -2.55. The molecule has 0 spiro atoms. The monoisotopic (exact) mass is 705 g/mol. The number of ether oxygens (including phenoxy) is 1. The predicted octanol–water partition coefficient (Wildman–Crippen LogP) is 7.16. The summed E-state index contributed by atoms with van der Waals surface area (Å²) in [4.78, 5) is 30.3. The van der Waals surface area contributed by atoms with Crippen LogP contribution in [-0.2, 0) is 32.6 Å². The molecule has 0 saturated heterocycles. The largest absolute Gasteiger partial charge is 0.492 e. The van der Waals surface area contributed by atoms with Crippen LogP contribution < -0.4 is 14.4 Å². The lowest BCUT2D eigenvalue weighted by Gasteiger charge is -2.35. The number of rotatable bonds is 14. The van der Waals surface area contributed by atoms with E-state index in [4.69, 9.17) is 16.3 Å². The zero-order chi connectivity index (χ0) is 34.8. The smallest absolute Gasteiger partial charge is 0.264 e. The number of hydrogen-bond acceptors (Lipinski definition) is 5. The Morgan fingerprint density at radius 3 is 2.20 bits per heavy atom. The second kappa shape index (κ2) is 16.8. The van der Waals surface area contributed by atoms with Crippen LogP contribution in [0, 0.1) is 5.82 Å². The minimum atomic E-state index is -4.35. The highest BCUT2D eigenvalue weighted by molar-refractivity contribution is 7.92. The summed E-state index contributed by atoms with van der Waals surface area (Å²) in [6.07, 6.45) is 4.99. The maximum atomic E-state index is 14.7. The lowest BCUT2D eigenvalue weighted by atomic mass is 9.94. The number of nitrogens with zero attached hydrogens (tertiary/aromatic N) is 2. The minimum Gasteiger partial charge on any atom is -0.492 e. The van der Waals surface area contributed by atoms with E-state index in [0.717, 1.165) is 42.0 Å². The molecule has 1 N–H and O–H groups in total. The molecule has 0 bridgehead atoms. The van der Waals surface area contributed by atoms with Gasteiger partial charge < -0.3 is 15.0 Å². The predicted molar refractivity (Wildman–Crippen MR) is 189 cm³/mol. The van der Waals surface area contributed by atoms with Gasteiger partial charge in [0.2, 0.25) is 11.8 Å². The first kappa shape index (κ1) is 35.9. The fourth-order valence-corrected chi connectivity index (χ4v) is 7.62. The number of hydrogen-bond donors (Lipinski definition) is 1. The molecule has 4 aromatic rings. The number of carbonyl (C=O) groups excluding carboxylic acids is 2. The topological polar surface area (TPSA) is 96.0 Å². The van der Waals surface area contributed by atoms with Crippen molar-refractivity contribution in [3.05, 3.63) is 125 Å². The fraction of sp³-hybridized carbons (Fsp3) is 0.316. The van der Waals surface area contributed by atoms with Crippen LogP contribution in [0.3, 0.4) is 0 Å². The van der Waals surface area contributed by atoms with Crippen molar-refractivity contribution in [3.63, 3.8) is 0 Å². The SMILES string of the molecule is CCOc1ccccc1N(CC(=O)N(Cc1ccc(F)cc1)C(Cc1ccccc1)C(=O)NC1CCCCC1)S(=O)(=O)c1ccc(Cl)cc1. The zero-order valence-corrected chi connectivity index (χ0v) is 29.0. The fourth-order valence-electron chi connectivity index (χ4n) is 6.07. The highest BCUT2D eigenvalue weighted by atomic mass is 35.5. The molecule has 1 aliphatic rings. The van der Waals surface area contributed by atoms with Crippen molar-refractivity contribution in [2.24, 2.45) is 0 Å². The molecule has 258 valence electrons. The third-order valence-electron chi connectivity index (χ3n) is 8.60. The first-order valence-corrected chi connectivity index (χ1v) is 18.4. The molecule has 1 aliphatic carbocycles. The van der Waals surface area contributed by atoms with Crippen molar-refractivity contribution in [1.29, 1.82) is 0 Å². The normalized spacial score (nSPS) is 14.1. The van der Waals surface area contributed by atoms with Crippen molar-refractivity contribution in [2.75, 3.05) is 17.5 Å². The molecular formula is C38H41ClFN3O5S. The number of amides is 2. The average molecular weight is 706 g/mol. The molecule has 4 aromatic carbocycles. The van der Waals surface area contributed by atoms with Gasteiger partial charge >= 0.3 is 0 Å². The molecule has 1 saturated carbocycles. The molecule has 0 aromatic heterocycles. The van der Waals surface area contributed by atoms with E-state index in [1.54, 1.807) is 43.3 Å². The standard InChI is InChI=1S/C38H41ClFN3O5S/c1-2-48-36-16-10-9-15-34(36)43(49(46,47)33-23-19-30(39)20-24-33)27-37(44)42(26-29-17-21-31(40)22-18-29)35(25-28-11-5-3-6-12-28)38(45)41-32-13-7-4-8-14-32/h3,5-6,9-12,15-24,32,35H,2,4,7-8,13-14,25-27H2,1H3,(H,41,45). The zero-order valence-electron chi connectivity index (χ0n) is 27.4. The minimum absolute atomic E-state index is 0.0258. The number of halogens is 2. The van der Waals surface area contributed by atoms with Crippen molar-refractivity contribution in [3.8, 4) is 5.75 Å². The van der Waals surface area contributed by atoms with Crippen LogP contribution in [0.5, 0.6) is 5.75 Å². The summed E-state index contributed by atoms with van der Waals surface area (Å²) in [5.74, 6) is -1.11. The Morgan fingerprint density at radius 1 is 0.878 bits per heavy atom. The van der Waals surface area contributed by atoms with E-state index in [0.29, 0.717) is 10.6 Å². The van der Waals surface area contributed by atoms with E-state index in [1.165, 1.54) is 41.3 Å². The average Bonchev–Trinajstić information content (AvgIpc) is 3.11. The van der Waals surface area contributed by atoms with Crippen LogP contribution in [0.15, 0.2) is 108 Å². The molecule has 0 radical (unpaired) electrons. The van der Waals surface area contributed by atoms with Gasteiger partial charge in [-0.15, -0.1) is 0 Å². The number of nitrogens with one attached hydrogen (secondary N) is 1. The molecule has 0 heterocycles. The summed E-state index contributed by atoms with van der Waals surface area (Å²) >= 11 is 6.09. The van der Waals surface area contributed by atoms with Crippen LogP contribution in [0.25, 0.3) is 0 Å². The van der Waals surface area contributed by atoms with E-state index in [2.05, 4.69) is 5.32 Å². The molecule has 2 amide bonds. The van der Waals surface area contributed by atoms with Gasteiger partial charge in [0.25, 0.3) is 10.0 Å². The highest BCUT2D eigenvalue weighted by Gasteiger charge is 2.36. The number of sulfonamides is 1. The third-order valence-corrected chi connectivity index (χ3v) is 10.6. The second-order valence-corrected chi connectivity index (χ2v) is 14.4. The van der Waals surface area contributed by atoms with Gasteiger partial charge in [-0.1, -0.05) is 85.5 Å². The molecule has 0 aliphatic heterocycles. The lowest BCUT2D eigenvalue weighted by molar-refractivity contribution is -0.140. The Balaban J connectivity index is 1.59. The Morgan fingerprint density at radius 2 is 1.53 bits per heavy atom. The first-order chi connectivity index (χ1) is 23.7. The van der Waals surface area contributed by atoms with Crippen LogP contribution in [0.2, 0.25) is 5.02 Å². The maximum Gasteiger partial charge on any atom is 0.264 e. The van der Waals surface area contributed by atoms with Gasteiger partial charge in [0, 0.05) is 24.0 Å². The summed E-state index contributed by atoms with van der Waals surface area (Å²) in [7, 11) is -4.35. The first-order valence-electron chi connectivity index (χ1n) is 16.5. The number of benzene rings is 4. The summed E-state index contributed by atoms with van der Waals surface area (Å²) < 4.78 is 49.5. The Kier molecular flexibility index (Phi) is 12.3. The van der Waals surface area contributed by atoms with Gasteiger partial charge in [-0.05, 0) is 79.4 Å². The van der Waals surface area contributed by atoms with Crippen LogP contribution in [0.4, 0.5) is 10.1 Å². The number of para-hydroxylation sites is 2. The van der Waals surface area contributed by atoms with Crippen molar-refractivity contribution < 1.29 is 27.1 Å². The van der Waals surface area contributed by atoms with Gasteiger partial charge in [-0.2, -0.15) is 0 Å². The van der Waals surface area contributed by atoms with Crippen LogP contribution in [-0.4, -0.2) is 50.4 Å². The summed E-state index contributed by atoms with van der Waals surface area (Å²) in [5.41, 5.74) is 1.58. The maximum absolute atomic E-state index is 14.7. The van der Waals surface area contributed by atoms with Gasteiger partial charge in [0.15, 0.2) is 0 Å². The van der Waals surface area contributed by atoms with Gasteiger partial charge in [0.1, 0.15) is 24.2 Å².